The van der Waals surface area contributed by atoms with E-state index in [1.165, 1.54) is 11.8 Å². The molecule has 0 saturated carbocycles. The largest absolute Gasteiger partial charge is 0.394 e. The van der Waals surface area contributed by atoms with Gasteiger partial charge in [0.15, 0.2) is 0 Å². The fourth-order valence-electron chi connectivity index (χ4n) is 1.34. The van der Waals surface area contributed by atoms with Crippen molar-refractivity contribution in [1.29, 1.82) is 0 Å². The third-order valence-corrected chi connectivity index (χ3v) is 3.34. The van der Waals surface area contributed by atoms with Crippen molar-refractivity contribution in [2.45, 2.75) is 11.0 Å². The van der Waals surface area contributed by atoms with Gasteiger partial charge in [0, 0.05) is 16.0 Å². The Morgan fingerprint density at radius 1 is 1.31 bits per heavy atom. The van der Waals surface area contributed by atoms with E-state index in [1.54, 1.807) is 6.20 Å². The van der Waals surface area contributed by atoms with Crippen molar-refractivity contribution in [3.05, 3.63) is 30.5 Å². The summed E-state index contributed by atoms with van der Waals surface area (Å²) in [5, 5.41) is 27.0. The van der Waals surface area contributed by atoms with E-state index in [9.17, 15) is 5.11 Å². The lowest BCUT2D eigenvalue weighted by Gasteiger charge is -2.07. The first-order chi connectivity index (χ1) is 7.81. The third kappa shape index (κ3) is 2.49. The minimum Gasteiger partial charge on any atom is -0.394 e. The van der Waals surface area contributed by atoms with Crippen LogP contribution >= 0.6 is 11.8 Å². The molecule has 4 nitrogen and oxygen atoms in total. The first-order valence-corrected chi connectivity index (χ1v) is 5.92. The van der Waals surface area contributed by atoms with Gasteiger partial charge in [-0.1, -0.05) is 18.2 Å². The second-order valence-electron chi connectivity index (χ2n) is 3.37. The highest BCUT2D eigenvalue weighted by Crippen LogP contribution is 2.25. The fourth-order valence-corrected chi connectivity index (χ4v) is 2.26. The second-order valence-corrected chi connectivity index (χ2v) is 4.44. The van der Waals surface area contributed by atoms with E-state index >= 15 is 0 Å². The third-order valence-electron chi connectivity index (χ3n) is 2.15. The van der Waals surface area contributed by atoms with Crippen LogP contribution in [0.3, 0.4) is 0 Å². The van der Waals surface area contributed by atoms with Gasteiger partial charge in [-0.05, 0) is 6.07 Å². The molecular weight excluding hydrogens is 224 g/mol. The number of aromatic nitrogens is 2. The molecule has 84 valence electrons. The lowest BCUT2D eigenvalue weighted by atomic mass is 10.2. The molecule has 0 aliphatic heterocycles. The van der Waals surface area contributed by atoms with E-state index in [0.717, 1.165) is 15.8 Å². The Hall–Kier alpha value is -1.17. The van der Waals surface area contributed by atoms with Crippen LogP contribution in [-0.2, 0) is 0 Å². The number of hydrogen-bond acceptors (Lipinski definition) is 5. The van der Waals surface area contributed by atoms with Crippen molar-refractivity contribution in [1.82, 2.24) is 10.2 Å². The van der Waals surface area contributed by atoms with Crippen molar-refractivity contribution in [3.63, 3.8) is 0 Å². The fraction of sp³-hybridized carbons (Fsp3) is 0.273. The minimum absolute atomic E-state index is 0.219. The molecule has 0 spiro atoms. The maximum Gasteiger partial charge on any atom is 0.0940 e. The molecule has 1 atom stereocenters. The van der Waals surface area contributed by atoms with Gasteiger partial charge in [0.05, 0.1) is 24.4 Å². The minimum atomic E-state index is -0.697. The van der Waals surface area contributed by atoms with Crippen LogP contribution in [-0.4, -0.2) is 38.9 Å². The van der Waals surface area contributed by atoms with Crippen LogP contribution in [0.2, 0.25) is 0 Å². The van der Waals surface area contributed by atoms with Crippen molar-refractivity contribution in [2.24, 2.45) is 0 Å². The maximum atomic E-state index is 9.28. The zero-order chi connectivity index (χ0) is 11.4. The molecule has 5 heteroatoms. The topological polar surface area (TPSA) is 66.2 Å². The average molecular weight is 236 g/mol. The lowest BCUT2D eigenvalue weighted by Crippen LogP contribution is -2.14. The lowest BCUT2D eigenvalue weighted by molar-refractivity contribution is 0.113. The first kappa shape index (κ1) is 11.3. The van der Waals surface area contributed by atoms with Crippen LogP contribution in [0.15, 0.2) is 35.4 Å². The van der Waals surface area contributed by atoms with E-state index in [4.69, 9.17) is 5.11 Å². The van der Waals surface area contributed by atoms with Gasteiger partial charge in [-0.2, -0.15) is 10.2 Å². The number of aliphatic hydroxyl groups excluding tert-OH is 2. The predicted molar refractivity (Wildman–Crippen MR) is 63.4 cm³/mol. The Bertz CT molecular complexity index is 473. The van der Waals surface area contributed by atoms with Crippen molar-refractivity contribution in [3.8, 4) is 0 Å². The Labute approximate surface area is 97.3 Å². The van der Waals surface area contributed by atoms with Gasteiger partial charge in [-0.15, -0.1) is 11.8 Å². The summed E-state index contributed by atoms with van der Waals surface area (Å²) in [6, 6.07) is 7.72. The Morgan fingerprint density at radius 3 is 2.94 bits per heavy atom. The molecule has 0 aliphatic carbocycles. The van der Waals surface area contributed by atoms with Gasteiger partial charge >= 0.3 is 0 Å². The normalized spacial score (nSPS) is 12.9. The Kier molecular flexibility index (Phi) is 3.71. The first-order valence-electron chi connectivity index (χ1n) is 4.93. The van der Waals surface area contributed by atoms with Gasteiger partial charge in [0.25, 0.3) is 0 Å². The number of nitrogens with zero attached hydrogens (tertiary/aromatic N) is 2. The quantitative estimate of drug-likeness (QED) is 0.777. The van der Waals surface area contributed by atoms with Gasteiger partial charge in [0.1, 0.15) is 0 Å². The number of thioether (sulfide) groups is 1. The highest BCUT2D eigenvalue weighted by Gasteiger charge is 2.06. The summed E-state index contributed by atoms with van der Waals surface area (Å²) in [7, 11) is 0. The molecule has 1 unspecified atom stereocenters. The number of benzene rings is 1. The standard InChI is InChI=1S/C11H12N2O2S/c14-6-8(15)7-16-11-5-12-13-10-4-2-1-3-9(10)11/h1-5,8,14-15H,6-7H2. The van der Waals surface area contributed by atoms with Crippen molar-refractivity contribution < 1.29 is 10.2 Å². The smallest absolute Gasteiger partial charge is 0.0940 e. The van der Waals surface area contributed by atoms with Crippen LogP contribution in [0.25, 0.3) is 10.9 Å². The van der Waals surface area contributed by atoms with E-state index in [0.29, 0.717) is 5.75 Å². The van der Waals surface area contributed by atoms with Crippen molar-refractivity contribution >= 4 is 22.7 Å². The average Bonchev–Trinajstić information content (AvgIpc) is 2.35. The summed E-state index contributed by atoms with van der Waals surface area (Å²) in [6.45, 7) is -0.219. The highest BCUT2D eigenvalue weighted by molar-refractivity contribution is 7.99. The van der Waals surface area contributed by atoms with Crippen LogP contribution in [0.4, 0.5) is 0 Å². The molecule has 0 saturated heterocycles. The molecule has 2 rings (SSSR count). The summed E-state index contributed by atoms with van der Waals surface area (Å²) < 4.78 is 0. The summed E-state index contributed by atoms with van der Waals surface area (Å²) in [5.41, 5.74) is 0.839. The molecule has 1 aromatic heterocycles. The maximum absolute atomic E-state index is 9.28. The highest BCUT2D eigenvalue weighted by atomic mass is 32.2. The molecule has 1 heterocycles. The van der Waals surface area contributed by atoms with Gasteiger partial charge in [0.2, 0.25) is 0 Å². The predicted octanol–water partition coefficient (Wildman–Crippen LogP) is 1.08. The number of hydrogen-bond donors (Lipinski definition) is 2. The molecule has 0 bridgehead atoms. The van der Waals surface area contributed by atoms with Crippen LogP contribution in [0.5, 0.6) is 0 Å². The monoisotopic (exact) mass is 236 g/mol. The summed E-state index contributed by atoms with van der Waals surface area (Å²) >= 11 is 1.47. The van der Waals surface area contributed by atoms with Gasteiger partial charge in [-0.3, -0.25) is 0 Å². The number of aliphatic hydroxyl groups is 2. The van der Waals surface area contributed by atoms with E-state index < -0.39 is 6.10 Å². The molecule has 0 aliphatic rings. The zero-order valence-electron chi connectivity index (χ0n) is 8.58. The molecule has 0 radical (unpaired) electrons. The molecule has 1 aromatic carbocycles. The van der Waals surface area contributed by atoms with E-state index in [-0.39, 0.29) is 6.61 Å². The van der Waals surface area contributed by atoms with Crippen LogP contribution in [0, 0.1) is 0 Å². The van der Waals surface area contributed by atoms with E-state index in [2.05, 4.69) is 10.2 Å². The van der Waals surface area contributed by atoms with Gasteiger partial charge < -0.3 is 10.2 Å². The molecule has 16 heavy (non-hydrogen) atoms. The van der Waals surface area contributed by atoms with Crippen LogP contribution in [0.1, 0.15) is 0 Å². The Balaban J connectivity index is 2.23. The SMILES string of the molecule is OCC(O)CSc1cnnc2ccccc12. The molecule has 0 fully saturated rings. The second kappa shape index (κ2) is 5.25. The molecular formula is C11H12N2O2S. The molecule has 0 amide bonds. The Morgan fingerprint density at radius 2 is 2.12 bits per heavy atom. The molecule has 2 aromatic rings. The number of fused-ring (bicyclic) bond motifs is 1. The van der Waals surface area contributed by atoms with Crippen LogP contribution < -0.4 is 0 Å². The van der Waals surface area contributed by atoms with Crippen molar-refractivity contribution in [2.75, 3.05) is 12.4 Å². The van der Waals surface area contributed by atoms with Gasteiger partial charge in [-0.25, -0.2) is 0 Å². The number of rotatable bonds is 4. The van der Waals surface area contributed by atoms with E-state index in [1.807, 2.05) is 24.3 Å². The summed E-state index contributed by atoms with van der Waals surface area (Å²) in [6.07, 6.45) is 0.980. The molecule has 2 N–H and O–H groups in total. The zero-order valence-corrected chi connectivity index (χ0v) is 9.39. The summed E-state index contributed by atoms with van der Waals surface area (Å²) in [4.78, 5) is 0.970. The summed E-state index contributed by atoms with van der Waals surface area (Å²) in [5.74, 6) is 0.451.